The van der Waals surface area contributed by atoms with Gasteiger partial charge in [0, 0.05) is 52.3 Å². The molecule has 246 valence electrons. The summed E-state index contributed by atoms with van der Waals surface area (Å²) in [5.41, 5.74) is 11.1. The highest BCUT2D eigenvalue weighted by Crippen LogP contribution is 2.28. The predicted octanol–water partition coefficient (Wildman–Crippen LogP) is 5.52. The van der Waals surface area contributed by atoms with Gasteiger partial charge < -0.3 is 19.6 Å². The molecule has 0 saturated carbocycles. The summed E-state index contributed by atoms with van der Waals surface area (Å²) in [6.07, 6.45) is 0. The Bertz CT molecular complexity index is 1560. The van der Waals surface area contributed by atoms with Gasteiger partial charge in [0.15, 0.2) is 5.82 Å². The van der Waals surface area contributed by atoms with E-state index in [0.29, 0.717) is 48.2 Å². The maximum absolute atomic E-state index is 13.9. The predicted molar refractivity (Wildman–Crippen MR) is 184 cm³/mol. The number of halogens is 1. The molecule has 1 heterocycles. The molecule has 3 aromatic carbocycles. The molecular weight excluding hydrogens is 605 g/mol. The molecule has 0 aliphatic heterocycles. The number of nitrogens with one attached hydrogen (secondary N) is 2. The van der Waals surface area contributed by atoms with Crippen LogP contribution in [0.25, 0.3) is 17.1 Å². The molecule has 0 unspecified atom stereocenters. The second-order valence-corrected chi connectivity index (χ2v) is 12.6. The van der Waals surface area contributed by atoms with E-state index in [2.05, 4.69) is 30.8 Å². The minimum Gasteiger partial charge on any atom is -0.459 e. The quantitative estimate of drug-likeness (QED) is 0.0822. The summed E-state index contributed by atoms with van der Waals surface area (Å²) in [5, 5.41) is 14.3. The zero-order valence-electron chi connectivity index (χ0n) is 27.3. The van der Waals surface area contributed by atoms with Crippen LogP contribution in [0.3, 0.4) is 0 Å². The standard InChI is InChI=1S/C34H44FN7O3S/c1-24(2)29-9-7-8-10-30(29)41(6)31(44)22-46-23-37-36-21-25-11-13-26(14-12-25)32-38-33(40(5)19-20-43)42(39-32)27-15-17-28(18-16-27)45-34(3,4)35/h7-18,24,36-37,43H,19-23H2,1-6H3. The van der Waals surface area contributed by atoms with Gasteiger partial charge in [-0.25, -0.2) is 5.43 Å². The number of hydrogen-bond donors (Lipinski definition) is 3. The Morgan fingerprint density at radius 3 is 2.39 bits per heavy atom. The molecule has 0 spiro atoms. The van der Waals surface area contributed by atoms with Crippen molar-refractivity contribution in [2.24, 2.45) is 0 Å². The molecule has 0 saturated heterocycles. The lowest BCUT2D eigenvalue weighted by Gasteiger charge is -2.22. The van der Waals surface area contributed by atoms with E-state index in [0.717, 1.165) is 28.1 Å². The molecule has 1 amide bonds. The van der Waals surface area contributed by atoms with Crippen molar-refractivity contribution in [3.8, 4) is 22.8 Å². The normalized spacial score (nSPS) is 11.6. The first kappa shape index (κ1) is 34.9. The summed E-state index contributed by atoms with van der Waals surface area (Å²) in [6.45, 7) is 7.89. The fourth-order valence-corrected chi connectivity index (χ4v) is 5.40. The third-order valence-corrected chi connectivity index (χ3v) is 7.93. The molecule has 12 heteroatoms. The average molecular weight is 650 g/mol. The monoisotopic (exact) mass is 649 g/mol. The number of alkyl halides is 1. The number of nitrogens with zero attached hydrogens (tertiary/aromatic N) is 5. The van der Waals surface area contributed by atoms with Crippen LogP contribution in [0.2, 0.25) is 0 Å². The van der Waals surface area contributed by atoms with Gasteiger partial charge in [0.1, 0.15) is 5.75 Å². The molecule has 0 aliphatic rings. The molecular formula is C34H44FN7O3S. The van der Waals surface area contributed by atoms with E-state index in [9.17, 15) is 14.3 Å². The topological polar surface area (TPSA) is 108 Å². The van der Waals surface area contributed by atoms with Gasteiger partial charge in [-0.1, -0.05) is 56.3 Å². The van der Waals surface area contributed by atoms with Crippen molar-refractivity contribution in [2.45, 2.75) is 46.0 Å². The number of anilines is 2. The Morgan fingerprint density at radius 1 is 1.04 bits per heavy atom. The van der Waals surface area contributed by atoms with E-state index < -0.39 is 5.85 Å². The highest BCUT2D eigenvalue weighted by molar-refractivity contribution is 7.99. The van der Waals surface area contributed by atoms with Crippen LogP contribution in [0.15, 0.2) is 72.8 Å². The second kappa shape index (κ2) is 16.0. The van der Waals surface area contributed by atoms with Crippen LogP contribution < -0.4 is 25.4 Å². The lowest BCUT2D eigenvalue weighted by Crippen LogP contribution is -2.33. The molecule has 0 radical (unpaired) electrons. The van der Waals surface area contributed by atoms with Crippen molar-refractivity contribution in [1.82, 2.24) is 25.6 Å². The summed E-state index contributed by atoms with van der Waals surface area (Å²) in [6, 6.07) is 22.9. The molecule has 4 rings (SSSR count). The van der Waals surface area contributed by atoms with Crippen molar-refractivity contribution < 1.29 is 19.0 Å². The van der Waals surface area contributed by atoms with Crippen LogP contribution in [0.1, 0.15) is 44.7 Å². The smallest absolute Gasteiger partial charge is 0.242 e. The highest BCUT2D eigenvalue weighted by Gasteiger charge is 2.20. The number of rotatable bonds is 16. The van der Waals surface area contributed by atoms with Gasteiger partial charge in [-0.2, -0.15) is 14.1 Å². The van der Waals surface area contributed by atoms with Gasteiger partial charge >= 0.3 is 0 Å². The van der Waals surface area contributed by atoms with Crippen molar-refractivity contribution in [3.63, 3.8) is 0 Å². The number of carbonyl (C=O) groups excluding carboxylic acids is 1. The van der Waals surface area contributed by atoms with Crippen molar-refractivity contribution in [3.05, 3.63) is 83.9 Å². The van der Waals surface area contributed by atoms with Gasteiger partial charge in [0.25, 0.3) is 0 Å². The van der Waals surface area contributed by atoms with Crippen LogP contribution in [-0.2, 0) is 11.3 Å². The zero-order valence-corrected chi connectivity index (χ0v) is 28.1. The lowest BCUT2D eigenvalue weighted by atomic mass is 10.0. The maximum atomic E-state index is 13.9. The number of amides is 1. The molecule has 10 nitrogen and oxygen atoms in total. The summed E-state index contributed by atoms with van der Waals surface area (Å²) in [4.78, 5) is 21.1. The Labute approximate surface area is 274 Å². The third kappa shape index (κ3) is 9.52. The van der Waals surface area contributed by atoms with Gasteiger partial charge in [-0.3, -0.25) is 10.2 Å². The first-order valence-corrected chi connectivity index (χ1v) is 16.4. The van der Waals surface area contributed by atoms with Crippen molar-refractivity contribution >= 4 is 29.3 Å². The van der Waals surface area contributed by atoms with E-state index in [1.54, 1.807) is 33.8 Å². The number of likely N-dealkylation sites (N-methyl/N-ethyl adjacent to an activating group) is 1. The number of aliphatic hydroxyl groups is 1. The average Bonchev–Trinajstić information content (AvgIpc) is 3.48. The molecule has 4 aromatic rings. The van der Waals surface area contributed by atoms with E-state index in [-0.39, 0.29) is 12.5 Å². The second-order valence-electron chi connectivity index (χ2n) is 11.6. The molecule has 0 bridgehead atoms. The number of thioether (sulfide) groups is 1. The molecule has 1 aromatic heterocycles. The fourth-order valence-electron chi connectivity index (χ4n) is 4.72. The van der Waals surface area contributed by atoms with Crippen LogP contribution >= 0.6 is 11.8 Å². The Morgan fingerprint density at radius 2 is 1.74 bits per heavy atom. The minimum absolute atomic E-state index is 0.0362. The number of ether oxygens (including phenoxy) is 1. The van der Waals surface area contributed by atoms with Crippen molar-refractivity contribution in [2.75, 3.05) is 48.7 Å². The zero-order chi connectivity index (χ0) is 33.3. The Balaban J connectivity index is 1.31. The van der Waals surface area contributed by atoms with Crippen LogP contribution in [-0.4, -0.2) is 70.5 Å². The molecule has 3 N–H and O–H groups in total. The summed E-state index contributed by atoms with van der Waals surface area (Å²) in [7, 11) is 3.67. The van der Waals surface area contributed by atoms with Gasteiger partial charge in [0.2, 0.25) is 17.7 Å². The number of aromatic nitrogens is 3. The number of para-hydroxylation sites is 1. The SMILES string of the molecule is CC(C)c1ccccc1N(C)C(=O)CSCNNCc1ccc(-c2nc(N(C)CCO)n(-c3ccc(OC(C)(C)F)cc3)n2)cc1. The molecule has 46 heavy (non-hydrogen) atoms. The number of hydrazine groups is 1. The Hall–Kier alpha value is -3.97. The number of carbonyl (C=O) groups is 1. The summed E-state index contributed by atoms with van der Waals surface area (Å²) in [5.74, 6) is 1.06. The van der Waals surface area contributed by atoms with E-state index in [4.69, 9.17) is 14.8 Å². The highest BCUT2D eigenvalue weighted by atomic mass is 32.2. The molecule has 0 aliphatic carbocycles. The van der Waals surface area contributed by atoms with E-state index in [1.807, 2.05) is 61.5 Å². The fraction of sp³-hybridized carbons (Fsp3) is 0.382. The van der Waals surface area contributed by atoms with Crippen molar-refractivity contribution in [1.29, 1.82) is 0 Å². The van der Waals surface area contributed by atoms with Crippen LogP contribution in [0, 0.1) is 0 Å². The maximum Gasteiger partial charge on any atom is 0.242 e. The Kier molecular flexibility index (Phi) is 12.2. The number of benzene rings is 3. The minimum atomic E-state index is -1.79. The number of aliphatic hydroxyl groups excluding tert-OH is 1. The largest absolute Gasteiger partial charge is 0.459 e. The molecule has 0 fully saturated rings. The molecule has 0 atom stereocenters. The number of hydrogen-bond acceptors (Lipinski definition) is 9. The lowest BCUT2D eigenvalue weighted by molar-refractivity contribution is -0.115. The van der Waals surface area contributed by atoms with Gasteiger partial charge in [0.05, 0.1) is 23.9 Å². The van der Waals surface area contributed by atoms with Gasteiger partial charge in [-0.15, -0.1) is 16.9 Å². The van der Waals surface area contributed by atoms with E-state index in [1.165, 1.54) is 25.6 Å². The van der Waals surface area contributed by atoms with Crippen LogP contribution in [0.4, 0.5) is 16.0 Å². The summed E-state index contributed by atoms with van der Waals surface area (Å²) >= 11 is 1.52. The third-order valence-electron chi connectivity index (χ3n) is 7.13. The van der Waals surface area contributed by atoms with Gasteiger partial charge in [-0.05, 0) is 47.4 Å². The van der Waals surface area contributed by atoms with Crippen LogP contribution in [0.5, 0.6) is 5.75 Å². The first-order valence-electron chi connectivity index (χ1n) is 15.2. The van der Waals surface area contributed by atoms with E-state index >= 15 is 0 Å². The first-order chi connectivity index (χ1) is 22.0. The summed E-state index contributed by atoms with van der Waals surface area (Å²) < 4.78 is 20.9.